The molecule has 0 aromatic rings. The molecule has 9 heteroatoms. The van der Waals surface area contributed by atoms with Crippen molar-refractivity contribution in [3.05, 3.63) is 23.0 Å². The van der Waals surface area contributed by atoms with E-state index in [0.717, 1.165) is 50.8 Å². The largest absolute Gasteiger partial charge is 0.397 e. The molecule has 4 unspecified atom stereocenters. The number of halogens is 1. The van der Waals surface area contributed by atoms with Gasteiger partial charge < -0.3 is 30.7 Å². The van der Waals surface area contributed by atoms with Gasteiger partial charge in [0, 0.05) is 13.1 Å². The van der Waals surface area contributed by atoms with Gasteiger partial charge in [0.25, 0.3) is 0 Å². The number of nitrogens with zero attached hydrogens (tertiary/aromatic N) is 2. The highest BCUT2D eigenvalue weighted by Crippen LogP contribution is 2.48. The van der Waals surface area contributed by atoms with Crippen molar-refractivity contribution >= 4 is 11.6 Å². The number of unbranched alkanes of at least 4 members (excludes halogenated alkanes) is 2. The van der Waals surface area contributed by atoms with Crippen LogP contribution in [0.15, 0.2) is 23.0 Å². The van der Waals surface area contributed by atoms with Gasteiger partial charge in [0.15, 0.2) is 5.62 Å². The second-order valence-corrected chi connectivity index (χ2v) is 10.0. The molecule has 3 rings (SSSR count). The van der Waals surface area contributed by atoms with Gasteiger partial charge in [-0.2, -0.15) is 0 Å². The van der Waals surface area contributed by atoms with Gasteiger partial charge in [-0.1, -0.05) is 57.2 Å². The Morgan fingerprint density at radius 3 is 2.48 bits per heavy atom. The van der Waals surface area contributed by atoms with E-state index in [1.54, 1.807) is 0 Å². The second-order valence-electron chi connectivity index (χ2n) is 9.64. The number of hydrogen-bond acceptors (Lipinski definition) is 8. The van der Waals surface area contributed by atoms with E-state index >= 15 is 0 Å². The van der Waals surface area contributed by atoms with E-state index in [0.29, 0.717) is 18.2 Å². The van der Waals surface area contributed by atoms with Crippen LogP contribution in [0, 0.1) is 5.92 Å². The van der Waals surface area contributed by atoms with Crippen molar-refractivity contribution in [3.63, 3.8) is 0 Å². The lowest BCUT2D eigenvalue weighted by molar-refractivity contribution is -0.138. The molecule has 0 aliphatic carbocycles. The number of aliphatic hydroxyl groups is 3. The van der Waals surface area contributed by atoms with Crippen molar-refractivity contribution in [1.29, 1.82) is 0 Å². The van der Waals surface area contributed by atoms with E-state index in [9.17, 15) is 15.3 Å². The summed E-state index contributed by atoms with van der Waals surface area (Å²) < 4.78 is 6.02. The van der Waals surface area contributed by atoms with Crippen LogP contribution in [0.5, 0.6) is 0 Å². The Morgan fingerprint density at radius 2 is 1.91 bits per heavy atom. The van der Waals surface area contributed by atoms with Gasteiger partial charge >= 0.3 is 0 Å². The molecule has 3 heterocycles. The van der Waals surface area contributed by atoms with E-state index < -0.39 is 35.8 Å². The number of hydrogen-bond donors (Lipinski definition) is 5. The molecule has 33 heavy (non-hydrogen) atoms. The first-order chi connectivity index (χ1) is 15.8. The summed E-state index contributed by atoms with van der Waals surface area (Å²) in [6.45, 7) is 9.63. The Morgan fingerprint density at radius 1 is 1.21 bits per heavy atom. The summed E-state index contributed by atoms with van der Waals surface area (Å²) in [5, 5.41) is 35.0. The van der Waals surface area contributed by atoms with Crippen molar-refractivity contribution in [1.82, 2.24) is 15.1 Å². The number of aliphatic hydroxyl groups excluding tert-OH is 3. The third-order valence-electron chi connectivity index (χ3n) is 7.48. The van der Waals surface area contributed by atoms with Crippen molar-refractivity contribution in [2.24, 2.45) is 11.7 Å². The number of alkyl halides is 1. The highest BCUT2D eigenvalue weighted by atomic mass is 35.5. The lowest BCUT2D eigenvalue weighted by Gasteiger charge is -2.44. The maximum atomic E-state index is 11.0. The molecule has 0 aromatic heterocycles. The molecule has 2 saturated heterocycles. The lowest BCUT2D eigenvalue weighted by Crippen LogP contribution is -2.64. The Balaban J connectivity index is 2.18. The predicted octanol–water partition coefficient (Wildman–Crippen LogP) is 2.00. The van der Waals surface area contributed by atoms with Crippen molar-refractivity contribution in [2.75, 3.05) is 19.7 Å². The van der Waals surface area contributed by atoms with Crippen LogP contribution in [0.2, 0.25) is 0 Å². The molecule has 0 bridgehead atoms. The molecule has 3 aliphatic rings. The second kappa shape index (κ2) is 11.2. The van der Waals surface area contributed by atoms with Crippen LogP contribution in [-0.4, -0.2) is 80.6 Å². The maximum Gasteiger partial charge on any atom is 0.164 e. The fraction of sp³-hybridized carbons (Fsp3) is 0.833. The number of nitrogens with two attached hydrogens (primary N) is 1. The quantitative estimate of drug-likeness (QED) is 0.248. The molecule has 190 valence electrons. The first kappa shape index (κ1) is 26.7. The SMILES string of the molecule is CCCCN1/C2=C(N)/C=C(\C)C(CC)CNC2(CCCC)N(C2O[C@H](CO)[C@@H](O)[C@H]2O)C1Cl. The molecule has 0 aromatic carbocycles. The summed E-state index contributed by atoms with van der Waals surface area (Å²) >= 11 is 7.15. The van der Waals surface area contributed by atoms with E-state index in [1.165, 1.54) is 5.57 Å². The molecule has 0 radical (unpaired) electrons. The third kappa shape index (κ3) is 4.81. The summed E-state index contributed by atoms with van der Waals surface area (Å²) in [6, 6.07) is 0. The van der Waals surface area contributed by atoms with Gasteiger partial charge in [-0.05, 0) is 38.2 Å². The number of nitrogens with one attached hydrogen (secondary N) is 1. The highest BCUT2D eigenvalue weighted by Gasteiger charge is 2.61. The Hall–Kier alpha value is -0.870. The van der Waals surface area contributed by atoms with Crippen LogP contribution in [0.1, 0.15) is 66.2 Å². The summed E-state index contributed by atoms with van der Waals surface area (Å²) in [6.07, 6.45) is 3.46. The molecular formula is C24H43ClN4O4. The molecule has 7 atom stereocenters. The van der Waals surface area contributed by atoms with Gasteiger partial charge in [-0.15, -0.1) is 0 Å². The smallest absolute Gasteiger partial charge is 0.164 e. The van der Waals surface area contributed by atoms with Crippen LogP contribution in [0.25, 0.3) is 0 Å². The zero-order valence-electron chi connectivity index (χ0n) is 20.5. The molecule has 0 spiro atoms. The topological polar surface area (TPSA) is 114 Å². The average molecular weight is 487 g/mol. The maximum absolute atomic E-state index is 11.0. The number of ether oxygens (including phenoxy) is 1. The van der Waals surface area contributed by atoms with Crippen LogP contribution < -0.4 is 11.1 Å². The van der Waals surface area contributed by atoms with Crippen LogP contribution in [0.3, 0.4) is 0 Å². The Bertz CT molecular complexity index is 735. The van der Waals surface area contributed by atoms with Gasteiger partial charge in [-0.3, -0.25) is 5.32 Å². The molecule has 2 fully saturated rings. The fourth-order valence-electron chi connectivity index (χ4n) is 5.49. The molecule has 8 nitrogen and oxygen atoms in total. The van der Waals surface area contributed by atoms with E-state index in [1.807, 2.05) is 4.90 Å². The minimum Gasteiger partial charge on any atom is -0.397 e. The van der Waals surface area contributed by atoms with Crippen LogP contribution in [0.4, 0.5) is 0 Å². The molecule has 0 amide bonds. The summed E-state index contributed by atoms with van der Waals surface area (Å²) in [4.78, 5) is 4.07. The average Bonchev–Trinajstić information content (AvgIpc) is 3.20. The van der Waals surface area contributed by atoms with E-state index in [4.69, 9.17) is 22.1 Å². The first-order valence-corrected chi connectivity index (χ1v) is 13.0. The summed E-state index contributed by atoms with van der Waals surface area (Å²) in [7, 11) is 0. The number of allylic oxidation sites excluding steroid dienone is 1. The Kier molecular flexibility index (Phi) is 9.11. The molecule has 3 aliphatic heterocycles. The van der Waals surface area contributed by atoms with Crippen molar-refractivity contribution in [3.8, 4) is 0 Å². The normalized spacial score (nSPS) is 41.6. The zero-order chi connectivity index (χ0) is 24.3. The van der Waals surface area contributed by atoms with Crippen LogP contribution in [-0.2, 0) is 4.74 Å². The standard InChI is InChI=1S/C24H43ClN4O4/c1-5-8-10-24-21(17(26)12-15(4)16(7-3)13-27-24)28(11-9-6-2)23(25)29(24)22-20(32)19(31)18(14-30)33-22/h12,16,18-20,22-23,27,30-32H,5-11,13-14,26H2,1-4H3/b15-12+,21-17-/t16?,18-,19-,20-,22?,23?,24?/m1/s1. The molecule has 0 saturated carbocycles. The zero-order valence-corrected chi connectivity index (χ0v) is 21.3. The summed E-state index contributed by atoms with van der Waals surface area (Å²) in [5.41, 5.74) is 8.21. The minimum absolute atomic E-state index is 0.314. The van der Waals surface area contributed by atoms with Crippen LogP contribution >= 0.6 is 11.6 Å². The van der Waals surface area contributed by atoms with Crippen molar-refractivity contribution in [2.45, 2.75) is 102 Å². The lowest BCUT2D eigenvalue weighted by atomic mass is 9.88. The first-order valence-electron chi connectivity index (χ1n) is 12.5. The van der Waals surface area contributed by atoms with Gasteiger partial charge in [-0.25, -0.2) is 4.90 Å². The predicted molar refractivity (Wildman–Crippen MR) is 130 cm³/mol. The van der Waals surface area contributed by atoms with Crippen molar-refractivity contribution < 1.29 is 20.1 Å². The Labute approximate surface area is 203 Å². The van der Waals surface area contributed by atoms with E-state index in [2.05, 4.69) is 44.0 Å². The molecule has 6 N–H and O–H groups in total. The number of fused-ring (bicyclic) bond motifs is 1. The van der Waals surface area contributed by atoms with E-state index in [-0.39, 0.29) is 6.61 Å². The third-order valence-corrected chi connectivity index (χ3v) is 7.92. The van der Waals surface area contributed by atoms with Gasteiger partial charge in [0.2, 0.25) is 0 Å². The summed E-state index contributed by atoms with van der Waals surface area (Å²) in [5.74, 6) is 0.314. The highest BCUT2D eigenvalue weighted by molar-refractivity contribution is 6.20. The van der Waals surface area contributed by atoms with Gasteiger partial charge in [0.1, 0.15) is 30.2 Å². The number of rotatable bonds is 9. The monoisotopic (exact) mass is 486 g/mol. The minimum atomic E-state index is -1.21. The van der Waals surface area contributed by atoms with Gasteiger partial charge in [0.05, 0.1) is 18.0 Å². The fourth-order valence-corrected chi connectivity index (χ4v) is 5.97. The molecular weight excluding hydrogens is 444 g/mol.